The minimum absolute atomic E-state index is 0.101. The number of carbonyl (C=O) groups is 1. The van der Waals surface area contributed by atoms with Crippen LogP contribution in [0.1, 0.15) is 12.3 Å². The quantitative estimate of drug-likeness (QED) is 0.482. The van der Waals surface area contributed by atoms with Gasteiger partial charge < -0.3 is 9.26 Å². The number of benzene rings is 2. The van der Waals surface area contributed by atoms with Gasteiger partial charge in [0, 0.05) is 18.4 Å². The minimum Gasteiger partial charge on any atom is -0.496 e. The summed E-state index contributed by atoms with van der Waals surface area (Å²) in [6.07, 6.45) is 0.341. The topological polar surface area (TPSA) is 119 Å². The largest absolute Gasteiger partial charge is 0.496 e. The number of ether oxygens (including phenoxy) is 1. The molecular formula is C20H17FN6O3. The minimum atomic E-state index is -0.347. The molecule has 152 valence electrons. The fourth-order valence-electron chi connectivity index (χ4n) is 2.76. The van der Waals surface area contributed by atoms with E-state index in [1.807, 2.05) is 18.2 Å². The number of carbonyl (C=O) groups excluding carboxylic acids is 1. The van der Waals surface area contributed by atoms with Crippen LogP contribution in [-0.2, 0) is 11.2 Å². The van der Waals surface area contributed by atoms with Crippen LogP contribution < -0.4 is 10.1 Å². The Balaban J connectivity index is 1.35. The smallest absolute Gasteiger partial charge is 0.249 e. The molecule has 0 aliphatic heterocycles. The maximum atomic E-state index is 13.0. The Morgan fingerprint density at radius 3 is 2.77 bits per heavy atom. The van der Waals surface area contributed by atoms with Crippen LogP contribution in [0.15, 0.2) is 53.1 Å². The lowest BCUT2D eigenvalue weighted by molar-refractivity contribution is -0.116. The Kier molecular flexibility index (Phi) is 5.46. The average molecular weight is 408 g/mol. The molecule has 1 amide bonds. The standard InChI is InChI=1S/C20H17FN6O3/c1-29-15-5-3-2-4-14(15)19-24-20(26-25-19)22-16(28)10-11-17-23-18(27-30-17)12-6-8-13(21)9-7-12/h2-9H,10-11H2,1H3,(H2,22,24,25,26,28). The van der Waals surface area contributed by atoms with Gasteiger partial charge in [0.2, 0.25) is 23.6 Å². The molecule has 0 saturated carbocycles. The third-order valence-corrected chi connectivity index (χ3v) is 4.24. The number of H-pyrrole nitrogens is 1. The summed E-state index contributed by atoms with van der Waals surface area (Å²) < 4.78 is 23.5. The molecule has 2 N–H and O–H groups in total. The van der Waals surface area contributed by atoms with Crippen molar-refractivity contribution < 1.29 is 18.4 Å². The number of halogens is 1. The highest BCUT2D eigenvalue weighted by molar-refractivity contribution is 5.89. The summed E-state index contributed by atoms with van der Waals surface area (Å²) in [4.78, 5) is 20.7. The van der Waals surface area contributed by atoms with E-state index in [2.05, 4.69) is 30.6 Å². The molecule has 0 radical (unpaired) electrons. The van der Waals surface area contributed by atoms with Crippen LogP contribution in [-0.4, -0.2) is 38.3 Å². The van der Waals surface area contributed by atoms with E-state index in [-0.39, 0.29) is 30.5 Å². The zero-order valence-electron chi connectivity index (χ0n) is 15.9. The molecule has 2 heterocycles. The number of nitrogens with zero attached hydrogens (tertiary/aromatic N) is 4. The monoisotopic (exact) mass is 408 g/mol. The fourth-order valence-corrected chi connectivity index (χ4v) is 2.76. The number of aromatic amines is 1. The van der Waals surface area contributed by atoms with Gasteiger partial charge in [0.15, 0.2) is 5.82 Å². The summed E-state index contributed by atoms with van der Waals surface area (Å²) in [6.45, 7) is 0. The molecule has 0 aliphatic rings. The summed E-state index contributed by atoms with van der Waals surface area (Å²) in [5, 5.41) is 13.3. The van der Waals surface area contributed by atoms with Gasteiger partial charge in [-0.15, -0.1) is 5.10 Å². The van der Waals surface area contributed by atoms with Gasteiger partial charge in [0.25, 0.3) is 0 Å². The molecule has 2 aromatic carbocycles. The molecule has 0 saturated heterocycles. The number of amides is 1. The van der Waals surface area contributed by atoms with Crippen molar-refractivity contribution in [2.24, 2.45) is 0 Å². The van der Waals surface area contributed by atoms with Gasteiger partial charge in [0.1, 0.15) is 11.6 Å². The fraction of sp³-hybridized carbons (Fsp3) is 0.150. The van der Waals surface area contributed by atoms with E-state index in [1.54, 1.807) is 25.3 Å². The number of anilines is 1. The van der Waals surface area contributed by atoms with E-state index < -0.39 is 0 Å². The SMILES string of the molecule is COc1ccccc1-c1nc(NC(=O)CCc2nc(-c3ccc(F)cc3)no2)n[nH]1. The summed E-state index contributed by atoms with van der Waals surface area (Å²) in [7, 11) is 1.57. The second-order valence-electron chi connectivity index (χ2n) is 6.27. The summed E-state index contributed by atoms with van der Waals surface area (Å²) >= 11 is 0. The third-order valence-electron chi connectivity index (χ3n) is 4.24. The lowest BCUT2D eigenvalue weighted by Crippen LogP contribution is -2.13. The zero-order valence-corrected chi connectivity index (χ0v) is 15.9. The number of hydrogen-bond donors (Lipinski definition) is 2. The molecule has 0 unspecified atom stereocenters. The van der Waals surface area contributed by atoms with E-state index in [0.717, 1.165) is 5.56 Å². The molecule has 0 fully saturated rings. The molecule has 9 nitrogen and oxygen atoms in total. The Hall–Kier alpha value is -4.08. The van der Waals surface area contributed by atoms with Crippen LogP contribution >= 0.6 is 0 Å². The molecule has 4 rings (SSSR count). The number of nitrogens with one attached hydrogen (secondary N) is 2. The van der Waals surface area contributed by atoms with Crippen molar-refractivity contribution in [3.05, 3.63) is 60.2 Å². The van der Waals surface area contributed by atoms with Gasteiger partial charge in [-0.2, -0.15) is 9.97 Å². The molecule has 30 heavy (non-hydrogen) atoms. The van der Waals surface area contributed by atoms with Crippen molar-refractivity contribution in [1.82, 2.24) is 25.3 Å². The highest BCUT2D eigenvalue weighted by atomic mass is 19.1. The number of methoxy groups -OCH3 is 1. The first-order valence-electron chi connectivity index (χ1n) is 9.06. The van der Waals surface area contributed by atoms with E-state index in [0.29, 0.717) is 28.9 Å². The second kappa shape index (κ2) is 8.52. The lowest BCUT2D eigenvalue weighted by Gasteiger charge is -2.04. The first kappa shape index (κ1) is 19.2. The molecule has 0 bridgehead atoms. The van der Waals surface area contributed by atoms with Crippen molar-refractivity contribution in [3.8, 4) is 28.5 Å². The molecular weight excluding hydrogens is 391 g/mol. The maximum Gasteiger partial charge on any atom is 0.249 e. The van der Waals surface area contributed by atoms with Gasteiger partial charge in [-0.05, 0) is 36.4 Å². The van der Waals surface area contributed by atoms with Crippen LogP contribution in [0.2, 0.25) is 0 Å². The molecule has 2 aromatic heterocycles. The first-order valence-corrected chi connectivity index (χ1v) is 9.06. The molecule has 0 atom stereocenters. The van der Waals surface area contributed by atoms with Crippen molar-refractivity contribution in [1.29, 1.82) is 0 Å². The summed E-state index contributed by atoms with van der Waals surface area (Å²) in [5.41, 5.74) is 1.35. The molecule has 4 aromatic rings. The second-order valence-corrected chi connectivity index (χ2v) is 6.27. The summed E-state index contributed by atoms with van der Waals surface area (Å²) in [5.74, 6) is 1.25. The Morgan fingerprint density at radius 2 is 1.97 bits per heavy atom. The maximum absolute atomic E-state index is 13.0. The number of aryl methyl sites for hydroxylation is 1. The number of para-hydroxylation sites is 1. The van der Waals surface area contributed by atoms with Crippen LogP contribution in [0.3, 0.4) is 0 Å². The highest BCUT2D eigenvalue weighted by Crippen LogP contribution is 2.27. The number of aromatic nitrogens is 5. The average Bonchev–Trinajstić information content (AvgIpc) is 3.42. The predicted molar refractivity (Wildman–Crippen MR) is 105 cm³/mol. The highest BCUT2D eigenvalue weighted by Gasteiger charge is 2.14. The van der Waals surface area contributed by atoms with Crippen molar-refractivity contribution in [2.45, 2.75) is 12.8 Å². The van der Waals surface area contributed by atoms with Crippen LogP contribution in [0.5, 0.6) is 5.75 Å². The molecule has 10 heteroatoms. The normalized spacial score (nSPS) is 10.7. The number of hydrogen-bond acceptors (Lipinski definition) is 7. The molecule has 0 spiro atoms. The zero-order chi connectivity index (χ0) is 20.9. The Labute approximate surface area is 170 Å². The van der Waals surface area contributed by atoms with Crippen molar-refractivity contribution in [3.63, 3.8) is 0 Å². The lowest BCUT2D eigenvalue weighted by atomic mass is 10.2. The van der Waals surface area contributed by atoms with Gasteiger partial charge in [-0.3, -0.25) is 15.2 Å². The van der Waals surface area contributed by atoms with Crippen molar-refractivity contribution in [2.75, 3.05) is 12.4 Å². The van der Waals surface area contributed by atoms with E-state index in [9.17, 15) is 9.18 Å². The van der Waals surface area contributed by atoms with E-state index in [4.69, 9.17) is 9.26 Å². The van der Waals surface area contributed by atoms with Crippen LogP contribution in [0, 0.1) is 5.82 Å². The summed E-state index contributed by atoms with van der Waals surface area (Å²) in [6, 6.07) is 13.1. The third kappa shape index (κ3) is 4.32. The van der Waals surface area contributed by atoms with Gasteiger partial charge >= 0.3 is 0 Å². The Morgan fingerprint density at radius 1 is 1.17 bits per heavy atom. The van der Waals surface area contributed by atoms with Crippen molar-refractivity contribution >= 4 is 11.9 Å². The van der Waals surface area contributed by atoms with Gasteiger partial charge in [-0.1, -0.05) is 17.3 Å². The van der Waals surface area contributed by atoms with Crippen LogP contribution in [0.4, 0.5) is 10.3 Å². The Bertz CT molecular complexity index is 1160. The first-order chi connectivity index (χ1) is 14.6. The number of rotatable bonds is 7. The molecule has 0 aliphatic carbocycles. The van der Waals surface area contributed by atoms with Gasteiger partial charge in [-0.25, -0.2) is 4.39 Å². The predicted octanol–water partition coefficient (Wildman–Crippen LogP) is 3.24. The van der Waals surface area contributed by atoms with E-state index in [1.165, 1.54) is 12.1 Å². The van der Waals surface area contributed by atoms with E-state index >= 15 is 0 Å². The van der Waals surface area contributed by atoms with Crippen LogP contribution in [0.25, 0.3) is 22.8 Å². The van der Waals surface area contributed by atoms with Gasteiger partial charge in [0.05, 0.1) is 12.7 Å².